The number of hydrogen-bond acceptors (Lipinski definition) is 3. The molecule has 2 aliphatic rings. The van der Waals surface area contributed by atoms with Crippen molar-refractivity contribution in [2.45, 2.75) is 0 Å². The number of aryl methyl sites for hydroxylation is 1. The van der Waals surface area contributed by atoms with Gasteiger partial charge >= 0.3 is 0 Å². The van der Waals surface area contributed by atoms with Gasteiger partial charge in [-0.3, -0.25) is 0 Å². The summed E-state index contributed by atoms with van der Waals surface area (Å²) in [5.41, 5.74) is 10.4. The van der Waals surface area contributed by atoms with Gasteiger partial charge in [0.2, 0.25) is 0 Å². The molecule has 1 unspecified atom stereocenters. The first kappa shape index (κ1) is 14.7. The summed E-state index contributed by atoms with van der Waals surface area (Å²) in [6, 6.07) is 22.4. The van der Waals surface area contributed by atoms with Crippen molar-refractivity contribution in [1.82, 2.24) is 0 Å². The highest BCUT2D eigenvalue weighted by Crippen LogP contribution is 2.47. The van der Waals surface area contributed by atoms with Gasteiger partial charge in [-0.15, -0.1) is 0 Å². The van der Waals surface area contributed by atoms with E-state index in [0.717, 1.165) is 5.69 Å². The number of anilines is 1. The molecule has 4 rings (SSSR count). The van der Waals surface area contributed by atoms with Crippen LogP contribution in [0.4, 0.5) is 5.69 Å². The zero-order valence-corrected chi connectivity index (χ0v) is 14.0. The summed E-state index contributed by atoms with van der Waals surface area (Å²) in [5.74, 6) is 0. The minimum atomic E-state index is -0.129. The minimum Gasteiger partial charge on any atom is -0.410 e. The van der Waals surface area contributed by atoms with Crippen molar-refractivity contribution in [2.75, 3.05) is 5.73 Å². The largest absolute Gasteiger partial charge is 0.410 e. The Morgan fingerprint density at radius 1 is 0.958 bits per heavy atom. The van der Waals surface area contributed by atoms with Gasteiger partial charge in [-0.25, -0.2) is 0 Å². The molecule has 118 valence electrons. The normalized spacial score (nSPS) is 12.9. The highest BCUT2D eigenvalue weighted by Gasteiger charge is 2.24. The van der Waals surface area contributed by atoms with Crippen LogP contribution in [0.25, 0.3) is 31.7 Å². The molecule has 0 fully saturated rings. The molecule has 1 aliphatic carbocycles. The Morgan fingerprint density at radius 2 is 1.75 bits per heavy atom. The first-order valence-corrected chi connectivity index (χ1v) is 9.30. The van der Waals surface area contributed by atoms with Crippen molar-refractivity contribution in [2.24, 2.45) is 11.4 Å². The number of fused-ring (bicyclic) bond motifs is 2. The summed E-state index contributed by atoms with van der Waals surface area (Å²) in [6.45, 7) is 0. The van der Waals surface area contributed by atoms with E-state index >= 15 is 0 Å². The first-order valence-electron chi connectivity index (χ1n) is 7.67. The van der Waals surface area contributed by atoms with E-state index in [2.05, 4.69) is 53.9 Å². The van der Waals surface area contributed by atoms with Crippen LogP contribution in [0, 0.1) is 0 Å². The summed E-state index contributed by atoms with van der Waals surface area (Å²) in [7, 11) is -0.129. The average molecular weight is 333 g/mol. The minimum absolute atomic E-state index is 0.129. The van der Waals surface area contributed by atoms with Gasteiger partial charge in [-0.2, -0.15) is 0 Å². The van der Waals surface area contributed by atoms with E-state index in [1.807, 2.05) is 24.3 Å². The molecule has 3 nitrogen and oxygen atoms in total. The van der Waals surface area contributed by atoms with E-state index < -0.39 is 0 Å². The van der Waals surface area contributed by atoms with E-state index in [9.17, 15) is 0 Å². The fourth-order valence-corrected chi connectivity index (χ4v) is 5.06. The van der Waals surface area contributed by atoms with Crippen LogP contribution in [0.1, 0.15) is 0 Å². The topological polar surface area (TPSA) is 58.6 Å². The molecule has 0 saturated heterocycles. The van der Waals surface area contributed by atoms with E-state index in [0.29, 0.717) is 5.36 Å². The quantitative estimate of drug-likeness (QED) is 0.173. The van der Waals surface area contributed by atoms with Gasteiger partial charge in [0.25, 0.3) is 0 Å². The lowest BCUT2D eigenvalue weighted by Gasteiger charge is -2.14. The maximum Gasteiger partial charge on any atom is 0.183 e. The Kier molecular flexibility index (Phi) is 3.47. The lowest BCUT2D eigenvalue weighted by Crippen LogP contribution is -2.02. The average Bonchev–Trinajstić information content (AvgIpc) is 2.63. The zero-order chi connectivity index (χ0) is 16.7. The fraction of sp³-hybridized carbons (Fsp3) is 0.0500. The Morgan fingerprint density at radius 3 is 2.50 bits per heavy atom. The number of nitrogen functional groups attached to an aromatic ring is 1. The van der Waals surface area contributed by atoms with Gasteiger partial charge in [0.1, 0.15) is 11.6 Å². The van der Waals surface area contributed by atoms with Crippen molar-refractivity contribution in [3.63, 3.8) is 0 Å². The first-order chi connectivity index (χ1) is 11.7. The van der Waals surface area contributed by atoms with Crippen LogP contribution < -0.4 is 11.1 Å². The van der Waals surface area contributed by atoms with Gasteiger partial charge in [0.05, 0.1) is 0 Å². The molecular formula is C20H17N2OS+. The molecule has 1 aliphatic heterocycles. The van der Waals surface area contributed by atoms with Crippen molar-refractivity contribution in [3.8, 4) is 21.6 Å². The molecule has 2 aromatic carbocycles. The van der Waals surface area contributed by atoms with Crippen LogP contribution in [-0.4, -0.2) is 5.21 Å². The maximum atomic E-state index is 9.15. The van der Waals surface area contributed by atoms with Gasteiger partial charge in [-0.1, -0.05) is 35.5 Å². The second-order valence-electron chi connectivity index (χ2n) is 5.79. The molecule has 1 heterocycles. The van der Waals surface area contributed by atoms with Gasteiger partial charge in [0, 0.05) is 34.3 Å². The summed E-state index contributed by atoms with van der Waals surface area (Å²) in [5, 5.41) is 14.3. The molecule has 0 spiro atoms. The van der Waals surface area contributed by atoms with Crippen LogP contribution >= 0.6 is 10.5 Å². The number of rotatable bonds is 1. The standard InChI is InChI=1S/C20H16N2OS/c1-24-18-11-14(21)7-9-16(18)20(13-5-3-2-4-6-13)17-10-8-15(22-23)12-19(17)24/h2-12H,21H2,1H3/p+1. The molecule has 0 aromatic heterocycles. The molecule has 0 bridgehead atoms. The Bertz CT molecular complexity index is 1080. The summed E-state index contributed by atoms with van der Waals surface area (Å²) in [4.78, 5) is 1.18. The van der Waals surface area contributed by atoms with Crippen LogP contribution in [0.15, 0.2) is 71.9 Å². The molecule has 3 N–H and O–H groups in total. The lowest BCUT2D eigenvalue weighted by atomic mass is 9.95. The number of hydrogen-bond donors (Lipinski definition) is 2. The molecule has 0 amide bonds. The summed E-state index contributed by atoms with van der Waals surface area (Å²) in [6.07, 6.45) is 2.19. The van der Waals surface area contributed by atoms with Crippen LogP contribution in [-0.2, 0) is 6.26 Å². The SMILES string of the molecule is C[s+]1c2cc(=NO)ccc-2c(-c2ccccc2)c2ccc(N)cc21. The van der Waals surface area contributed by atoms with Crippen molar-refractivity contribution < 1.29 is 5.21 Å². The number of nitrogens with two attached hydrogens (primary N) is 1. The zero-order valence-electron chi connectivity index (χ0n) is 13.2. The smallest absolute Gasteiger partial charge is 0.183 e. The Balaban J connectivity index is 2.25. The van der Waals surface area contributed by atoms with Crippen LogP contribution in [0.5, 0.6) is 0 Å². The lowest BCUT2D eigenvalue weighted by molar-refractivity contribution is 0.302. The molecule has 1 atom stereocenters. The van der Waals surface area contributed by atoms with E-state index in [-0.39, 0.29) is 10.5 Å². The number of nitrogens with zero attached hydrogens (tertiary/aromatic N) is 1. The Hall–Kier alpha value is -2.85. The molecule has 2 aromatic rings. The van der Waals surface area contributed by atoms with Gasteiger partial charge in [-0.05, 0) is 40.3 Å². The highest BCUT2D eigenvalue weighted by molar-refractivity contribution is 7.38. The van der Waals surface area contributed by atoms with Crippen molar-refractivity contribution in [1.29, 1.82) is 0 Å². The molecule has 0 saturated carbocycles. The molecule has 0 radical (unpaired) electrons. The third-order valence-corrected chi connectivity index (χ3v) is 6.34. The van der Waals surface area contributed by atoms with Crippen molar-refractivity contribution in [3.05, 3.63) is 72.1 Å². The Labute approximate surface area is 142 Å². The summed E-state index contributed by atoms with van der Waals surface area (Å²) >= 11 is 0. The number of benzene rings is 3. The van der Waals surface area contributed by atoms with Crippen molar-refractivity contribution >= 4 is 26.2 Å². The molecular weight excluding hydrogens is 316 g/mol. The van der Waals surface area contributed by atoms with E-state index in [4.69, 9.17) is 10.9 Å². The second-order valence-corrected chi connectivity index (χ2v) is 7.69. The third kappa shape index (κ3) is 2.23. The van der Waals surface area contributed by atoms with Gasteiger partial charge in [0.15, 0.2) is 9.58 Å². The summed E-state index contributed by atoms with van der Waals surface area (Å²) < 4.78 is 1.23. The predicted molar refractivity (Wildman–Crippen MR) is 101 cm³/mol. The predicted octanol–water partition coefficient (Wildman–Crippen LogP) is 4.77. The second kappa shape index (κ2) is 5.65. The van der Waals surface area contributed by atoms with E-state index in [1.54, 1.807) is 0 Å². The fourth-order valence-electron chi connectivity index (χ4n) is 3.21. The van der Waals surface area contributed by atoms with Crippen LogP contribution in [0.3, 0.4) is 0 Å². The van der Waals surface area contributed by atoms with Crippen LogP contribution in [0.2, 0.25) is 0 Å². The van der Waals surface area contributed by atoms with E-state index in [1.165, 1.54) is 31.7 Å². The molecule has 4 heteroatoms. The maximum absolute atomic E-state index is 9.15. The van der Waals surface area contributed by atoms with Gasteiger partial charge < -0.3 is 10.9 Å². The monoisotopic (exact) mass is 333 g/mol. The molecule has 24 heavy (non-hydrogen) atoms. The third-order valence-electron chi connectivity index (χ3n) is 4.35. The highest BCUT2D eigenvalue weighted by atomic mass is 32.2.